The number of hydrogen-bond donors (Lipinski definition) is 3. The van der Waals surface area contributed by atoms with Crippen LogP contribution in [0.25, 0.3) is 11.5 Å². The topological polar surface area (TPSA) is 91.5 Å². The predicted molar refractivity (Wildman–Crippen MR) is 118 cm³/mol. The van der Waals surface area contributed by atoms with Crippen LogP contribution in [0.15, 0.2) is 70.3 Å². The standard InChI is InChI=1S/C23H27N5O2/c1-17-8-10-19(11-9-17)22-28-20(16-30-22)14-26-23(24-2)27-15-21(29)25-13-12-18-6-4-3-5-7-18/h3-11,16H,12-15H2,1-2H3,(H,25,29)(H2,24,26,27). The molecule has 0 spiro atoms. The Kier molecular flexibility index (Phi) is 7.60. The van der Waals surface area contributed by atoms with E-state index in [9.17, 15) is 4.79 Å². The summed E-state index contributed by atoms with van der Waals surface area (Å²) in [4.78, 5) is 20.7. The van der Waals surface area contributed by atoms with E-state index in [-0.39, 0.29) is 12.5 Å². The maximum Gasteiger partial charge on any atom is 0.239 e. The molecule has 0 unspecified atom stereocenters. The van der Waals surface area contributed by atoms with Gasteiger partial charge >= 0.3 is 0 Å². The fourth-order valence-electron chi connectivity index (χ4n) is 2.83. The Morgan fingerprint density at radius 2 is 1.80 bits per heavy atom. The van der Waals surface area contributed by atoms with Gasteiger partial charge in [0.05, 0.1) is 18.8 Å². The number of carbonyl (C=O) groups is 1. The van der Waals surface area contributed by atoms with Crippen LogP contribution in [0, 0.1) is 6.92 Å². The Morgan fingerprint density at radius 1 is 1.03 bits per heavy atom. The summed E-state index contributed by atoms with van der Waals surface area (Å²) in [5, 5.41) is 9.03. The molecular weight excluding hydrogens is 378 g/mol. The molecular formula is C23H27N5O2. The molecule has 0 radical (unpaired) electrons. The number of oxazole rings is 1. The molecule has 156 valence electrons. The van der Waals surface area contributed by atoms with Gasteiger partial charge < -0.3 is 20.4 Å². The Bertz CT molecular complexity index is 965. The second-order valence-electron chi connectivity index (χ2n) is 6.87. The zero-order valence-electron chi connectivity index (χ0n) is 17.3. The first-order chi connectivity index (χ1) is 14.6. The lowest BCUT2D eigenvalue weighted by molar-refractivity contribution is -0.119. The van der Waals surface area contributed by atoms with Gasteiger partial charge in [-0.25, -0.2) is 4.98 Å². The third-order valence-electron chi connectivity index (χ3n) is 4.51. The second kappa shape index (κ2) is 10.8. The third kappa shape index (κ3) is 6.48. The highest BCUT2D eigenvalue weighted by Crippen LogP contribution is 2.18. The van der Waals surface area contributed by atoms with Crippen LogP contribution < -0.4 is 16.0 Å². The molecule has 1 heterocycles. The highest BCUT2D eigenvalue weighted by molar-refractivity contribution is 5.86. The molecule has 1 aromatic heterocycles. The molecule has 0 saturated heterocycles. The number of guanidine groups is 1. The van der Waals surface area contributed by atoms with Gasteiger partial charge in [0.1, 0.15) is 6.26 Å². The number of hydrogen-bond acceptors (Lipinski definition) is 4. The van der Waals surface area contributed by atoms with E-state index in [1.807, 2.05) is 61.5 Å². The first kappa shape index (κ1) is 21.1. The van der Waals surface area contributed by atoms with Crippen molar-refractivity contribution in [3.8, 4) is 11.5 Å². The summed E-state index contributed by atoms with van der Waals surface area (Å²) < 4.78 is 5.56. The van der Waals surface area contributed by atoms with Crippen LogP contribution in [0.2, 0.25) is 0 Å². The van der Waals surface area contributed by atoms with Crippen molar-refractivity contribution >= 4 is 11.9 Å². The van der Waals surface area contributed by atoms with Crippen molar-refractivity contribution in [3.63, 3.8) is 0 Å². The van der Waals surface area contributed by atoms with Crippen molar-refractivity contribution < 1.29 is 9.21 Å². The summed E-state index contributed by atoms with van der Waals surface area (Å²) >= 11 is 0. The molecule has 1 amide bonds. The van der Waals surface area contributed by atoms with Crippen molar-refractivity contribution in [1.82, 2.24) is 20.9 Å². The Labute approximate surface area is 176 Å². The average Bonchev–Trinajstić information content (AvgIpc) is 3.24. The van der Waals surface area contributed by atoms with E-state index in [1.54, 1.807) is 13.3 Å². The van der Waals surface area contributed by atoms with Crippen molar-refractivity contribution in [1.29, 1.82) is 0 Å². The van der Waals surface area contributed by atoms with Crippen LogP contribution in [0.4, 0.5) is 0 Å². The fourth-order valence-corrected chi connectivity index (χ4v) is 2.83. The SMILES string of the molecule is CN=C(NCC(=O)NCCc1ccccc1)NCc1coc(-c2ccc(C)cc2)n1. The molecule has 3 aromatic rings. The van der Waals surface area contributed by atoms with Crippen molar-refractivity contribution in [2.45, 2.75) is 19.9 Å². The van der Waals surface area contributed by atoms with Gasteiger partial charge in [-0.15, -0.1) is 0 Å². The van der Waals surface area contributed by atoms with Gasteiger partial charge in [-0.05, 0) is 31.0 Å². The number of nitrogens with zero attached hydrogens (tertiary/aromatic N) is 2. The molecule has 0 fully saturated rings. The van der Waals surface area contributed by atoms with E-state index >= 15 is 0 Å². The molecule has 7 heteroatoms. The lowest BCUT2D eigenvalue weighted by Crippen LogP contribution is -2.43. The van der Waals surface area contributed by atoms with E-state index in [0.717, 1.165) is 17.7 Å². The lowest BCUT2D eigenvalue weighted by Gasteiger charge is -2.11. The number of benzene rings is 2. The first-order valence-corrected chi connectivity index (χ1v) is 9.90. The number of aryl methyl sites for hydroxylation is 1. The number of aliphatic imine (C=N–C) groups is 1. The molecule has 30 heavy (non-hydrogen) atoms. The molecule has 7 nitrogen and oxygen atoms in total. The van der Waals surface area contributed by atoms with Crippen LogP contribution >= 0.6 is 0 Å². The molecule has 2 aromatic carbocycles. The minimum absolute atomic E-state index is 0.0861. The van der Waals surface area contributed by atoms with Crippen LogP contribution in [-0.4, -0.2) is 37.0 Å². The van der Waals surface area contributed by atoms with Gasteiger partial charge in [-0.2, -0.15) is 0 Å². The molecule has 3 rings (SSSR count). The number of carbonyl (C=O) groups excluding carboxylic acids is 1. The minimum Gasteiger partial charge on any atom is -0.444 e. The number of rotatable bonds is 8. The predicted octanol–water partition coefficient (Wildman–Crippen LogP) is 2.67. The van der Waals surface area contributed by atoms with Gasteiger partial charge in [-0.3, -0.25) is 9.79 Å². The summed E-state index contributed by atoms with van der Waals surface area (Å²) in [7, 11) is 1.66. The van der Waals surface area contributed by atoms with Crippen LogP contribution in [0.1, 0.15) is 16.8 Å². The maximum absolute atomic E-state index is 12.0. The summed E-state index contributed by atoms with van der Waals surface area (Å²) in [5.41, 5.74) is 4.06. The zero-order chi connectivity index (χ0) is 21.2. The lowest BCUT2D eigenvalue weighted by atomic mass is 10.1. The van der Waals surface area contributed by atoms with E-state index in [0.29, 0.717) is 24.9 Å². The normalized spacial score (nSPS) is 11.2. The van der Waals surface area contributed by atoms with Crippen molar-refractivity contribution in [3.05, 3.63) is 77.7 Å². The van der Waals surface area contributed by atoms with E-state index in [2.05, 4.69) is 25.9 Å². The van der Waals surface area contributed by atoms with Gasteiger partial charge in [-0.1, -0.05) is 48.0 Å². The minimum atomic E-state index is -0.0861. The average molecular weight is 406 g/mol. The van der Waals surface area contributed by atoms with Crippen LogP contribution in [-0.2, 0) is 17.8 Å². The Hall–Kier alpha value is -3.61. The molecule has 3 N–H and O–H groups in total. The van der Waals surface area contributed by atoms with Crippen LogP contribution in [0.3, 0.4) is 0 Å². The zero-order valence-corrected chi connectivity index (χ0v) is 17.3. The van der Waals surface area contributed by atoms with Crippen LogP contribution in [0.5, 0.6) is 0 Å². The highest BCUT2D eigenvalue weighted by atomic mass is 16.3. The molecule has 0 aliphatic rings. The van der Waals surface area contributed by atoms with Crippen molar-refractivity contribution in [2.24, 2.45) is 4.99 Å². The number of nitrogens with one attached hydrogen (secondary N) is 3. The van der Waals surface area contributed by atoms with Gasteiger partial charge in [0, 0.05) is 19.2 Å². The van der Waals surface area contributed by atoms with Gasteiger partial charge in [0.2, 0.25) is 11.8 Å². The van der Waals surface area contributed by atoms with Crippen molar-refractivity contribution in [2.75, 3.05) is 20.1 Å². The second-order valence-corrected chi connectivity index (χ2v) is 6.87. The summed E-state index contributed by atoms with van der Waals surface area (Å²) in [6, 6.07) is 18.1. The maximum atomic E-state index is 12.0. The fraction of sp³-hybridized carbons (Fsp3) is 0.261. The smallest absolute Gasteiger partial charge is 0.239 e. The monoisotopic (exact) mass is 405 g/mol. The Balaban J connectivity index is 1.39. The molecule has 0 bridgehead atoms. The third-order valence-corrected chi connectivity index (χ3v) is 4.51. The Morgan fingerprint density at radius 3 is 2.53 bits per heavy atom. The first-order valence-electron chi connectivity index (χ1n) is 9.90. The quantitative estimate of drug-likeness (QED) is 0.396. The highest BCUT2D eigenvalue weighted by Gasteiger charge is 2.08. The van der Waals surface area contributed by atoms with E-state index < -0.39 is 0 Å². The molecule has 0 aliphatic carbocycles. The largest absolute Gasteiger partial charge is 0.444 e. The van der Waals surface area contributed by atoms with Gasteiger partial charge in [0.25, 0.3) is 0 Å². The molecule has 0 aliphatic heterocycles. The molecule has 0 atom stereocenters. The summed E-state index contributed by atoms with van der Waals surface area (Å²) in [6.45, 7) is 3.21. The number of amides is 1. The molecule has 0 saturated carbocycles. The van der Waals surface area contributed by atoms with Gasteiger partial charge in [0.15, 0.2) is 5.96 Å². The summed E-state index contributed by atoms with van der Waals surface area (Å²) in [5.74, 6) is 1.01. The van der Waals surface area contributed by atoms with E-state index in [4.69, 9.17) is 4.42 Å². The van der Waals surface area contributed by atoms with E-state index in [1.165, 1.54) is 11.1 Å². The summed E-state index contributed by atoms with van der Waals surface area (Å²) in [6.07, 6.45) is 2.42. The number of aromatic nitrogens is 1.